The van der Waals surface area contributed by atoms with E-state index in [9.17, 15) is 4.79 Å². The average Bonchev–Trinajstić information content (AvgIpc) is 3.29. The molecule has 4 rings (SSSR count). The molecule has 0 saturated carbocycles. The second-order valence-electron chi connectivity index (χ2n) is 6.66. The quantitative estimate of drug-likeness (QED) is 0.609. The average molecular weight is 438 g/mol. The standard InChI is InChI=1S/C18H20ClN5O2S2/c1-11-9-13(19)10-14-15(11)20-18(27-14)24(4-3-23-5-7-26-8-6-23)17(25)16-12(2)21-22-28-16/h9-10H,3-8H2,1-2H3. The number of nitrogens with zero attached hydrogens (tertiary/aromatic N) is 5. The van der Waals surface area contributed by atoms with Gasteiger partial charge < -0.3 is 4.74 Å². The molecule has 2 aromatic heterocycles. The smallest absolute Gasteiger partial charge is 0.273 e. The SMILES string of the molecule is Cc1nnsc1C(=O)N(CCN1CCOCC1)c1nc2c(C)cc(Cl)cc2s1. The minimum Gasteiger partial charge on any atom is -0.379 e. The summed E-state index contributed by atoms with van der Waals surface area (Å²) in [5.41, 5.74) is 2.53. The van der Waals surface area contributed by atoms with Crippen molar-refractivity contribution in [1.82, 2.24) is 19.5 Å². The zero-order valence-corrected chi connectivity index (χ0v) is 18.0. The second kappa shape index (κ2) is 8.38. The lowest BCUT2D eigenvalue weighted by Crippen LogP contribution is -2.43. The number of aromatic nitrogens is 3. The van der Waals surface area contributed by atoms with Crippen LogP contribution in [0.2, 0.25) is 5.02 Å². The number of fused-ring (bicyclic) bond motifs is 1. The third-order valence-electron chi connectivity index (χ3n) is 4.70. The molecule has 1 aromatic carbocycles. The van der Waals surface area contributed by atoms with E-state index in [1.165, 1.54) is 11.3 Å². The molecule has 0 radical (unpaired) electrons. The van der Waals surface area contributed by atoms with Crippen molar-refractivity contribution in [1.29, 1.82) is 0 Å². The summed E-state index contributed by atoms with van der Waals surface area (Å²) in [6, 6.07) is 3.79. The zero-order chi connectivity index (χ0) is 19.7. The van der Waals surface area contributed by atoms with Crippen molar-refractivity contribution in [3.8, 4) is 0 Å². The van der Waals surface area contributed by atoms with E-state index >= 15 is 0 Å². The van der Waals surface area contributed by atoms with Gasteiger partial charge in [0.25, 0.3) is 5.91 Å². The summed E-state index contributed by atoms with van der Waals surface area (Å²) in [6.07, 6.45) is 0. The maximum Gasteiger partial charge on any atom is 0.273 e. The molecule has 0 unspecified atom stereocenters. The van der Waals surface area contributed by atoms with Crippen molar-refractivity contribution in [2.75, 3.05) is 44.3 Å². The van der Waals surface area contributed by atoms with E-state index in [-0.39, 0.29) is 5.91 Å². The molecule has 3 heterocycles. The minimum atomic E-state index is -0.108. The van der Waals surface area contributed by atoms with Crippen molar-refractivity contribution in [2.24, 2.45) is 0 Å². The molecule has 1 fully saturated rings. The summed E-state index contributed by atoms with van der Waals surface area (Å²) in [6.45, 7) is 8.29. The third kappa shape index (κ3) is 4.04. The van der Waals surface area contributed by atoms with Gasteiger partial charge in [0.2, 0.25) is 0 Å². The molecule has 0 spiro atoms. The number of hydrogen-bond acceptors (Lipinski definition) is 8. The largest absolute Gasteiger partial charge is 0.379 e. The molecule has 1 aliphatic heterocycles. The normalized spacial score (nSPS) is 15.2. The van der Waals surface area contributed by atoms with Gasteiger partial charge in [-0.3, -0.25) is 14.6 Å². The lowest BCUT2D eigenvalue weighted by atomic mass is 10.2. The highest BCUT2D eigenvalue weighted by Gasteiger charge is 2.26. The van der Waals surface area contributed by atoms with Crippen molar-refractivity contribution in [3.05, 3.63) is 33.3 Å². The number of halogens is 1. The summed E-state index contributed by atoms with van der Waals surface area (Å²) in [5, 5.41) is 5.34. The molecular weight excluding hydrogens is 418 g/mol. The highest BCUT2D eigenvalue weighted by Crippen LogP contribution is 2.34. The molecule has 0 aliphatic carbocycles. The Kier molecular flexibility index (Phi) is 5.88. The Labute approximate surface area is 176 Å². The molecule has 0 bridgehead atoms. The molecule has 3 aromatic rings. The van der Waals surface area contributed by atoms with Crippen LogP contribution in [0.1, 0.15) is 20.9 Å². The topological polar surface area (TPSA) is 71.5 Å². The van der Waals surface area contributed by atoms with Crippen LogP contribution in [-0.4, -0.2) is 64.8 Å². The van der Waals surface area contributed by atoms with Gasteiger partial charge in [0.05, 0.1) is 29.1 Å². The van der Waals surface area contributed by atoms with E-state index in [1.54, 1.807) is 11.8 Å². The van der Waals surface area contributed by atoms with Gasteiger partial charge in [0.1, 0.15) is 4.88 Å². The fraction of sp³-hybridized carbons (Fsp3) is 0.444. The number of hydrogen-bond donors (Lipinski definition) is 0. The predicted molar refractivity (Wildman–Crippen MR) is 113 cm³/mol. The van der Waals surface area contributed by atoms with Gasteiger partial charge in [-0.05, 0) is 43.1 Å². The summed E-state index contributed by atoms with van der Waals surface area (Å²) in [4.78, 5) is 22.6. The fourth-order valence-electron chi connectivity index (χ4n) is 3.16. The molecule has 0 N–H and O–H groups in total. The van der Waals surface area contributed by atoms with E-state index in [2.05, 4.69) is 14.5 Å². The predicted octanol–water partition coefficient (Wildman–Crippen LogP) is 3.40. The molecule has 0 atom stereocenters. The Hall–Kier alpha value is -1.65. The van der Waals surface area contributed by atoms with Crippen LogP contribution in [0.4, 0.5) is 5.13 Å². The summed E-state index contributed by atoms with van der Waals surface area (Å²) >= 11 is 8.81. The Balaban J connectivity index is 1.66. The maximum absolute atomic E-state index is 13.3. The van der Waals surface area contributed by atoms with Gasteiger partial charge >= 0.3 is 0 Å². The van der Waals surface area contributed by atoms with Gasteiger partial charge in [-0.15, -0.1) is 5.10 Å². The zero-order valence-electron chi connectivity index (χ0n) is 15.6. The number of carbonyl (C=O) groups is 1. The Morgan fingerprint density at radius 1 is 1.32 bits per heavy atom. The van der Waals surface area contributed by atoms with E-state index in [0.717, 1.165) is 60.2 Å². The van der Waals surface area contributed by atoms with Crippen molar-refractivity contribution in [3.63, 3.8) is 0 Å². The van der Waals surface area contributed by atoms with Gasteiger partial charge in [-0.2, -0.15) is 0 Å². The first-order valence-corrected chi connectivity index (χ1v) is 11.0. The lowest BCUT2D eigenvalue weighted by Gasteiger charge is -2.29. The first-order chi connectivity index (χ1) is 13.5. The van der Waals surface area contributed by atoms with Crippen LogP contribution in [0, 0.1) is 13.8 Å². The highest BCUT2D eigenvalue weighted by atomic mass is 35.5. The Morgan fingerprint density at radius 2 is 2.11 bits per heavy atom. The lowest BCUT2D eigenvalue weighted by molar-refractivity contribution is 0.0391. The molecule has 7 nitrogen and oxygen atoms in total. The van der Waals surface area contributed by atoms with Crippen LogP contribution in [0.5, 0.6) is 0 Å². The first kappa shape index (κ1) is 19.7. The second-order valence-corrected chi connectivity index (χ2v) is 8.86. The van der Waals surface area contributed by atoms with Crippen LogP contribution in [0.15, 0.2) is 12.1 Å². The number of morpholine rings is 1. The first-order valence-electron chi connectivity index (χ1n) is 9.00. The third-order valence-corrected chi connectivity index (χ3v) is 6.76. The van der Waals surface area contributed by atoms with Crippen LogP contribution in [-0.2, 0) is 4.74 Å². The van der Waals surface area contributed by atoms with Gasteiger partial charge in [-0.1, -0.05) is 27.4 Å². The summed E-state index contributed by atoms with van der Waals surface area (Å²) in [7, 11) is 0. The number of benzene rings is 1. The van der Waals surface area contributed by atoms with Crippen molar-refractivity contribution in [2.45, 2.75) is 13.8 Å². The number of amides is 1. The van der Waals surface area contributed by atoms with Crippen molar-refractivity contribution < 1.29 is 9.53 Å². The highest BCUT2D eigenvalue weighted by molar-refractivity contribution is 7.22. The monoisotopic (exact) mass is 437 g/mol. The Bertz CT molecular complexity index is 999. The van der Waals surface area contributed by atoms with Crippen LogP contribution >= 0.6 is 34.5 Å². The number of carbonyl (C=O) groups excluding carboxylic acids is 1. The van der Waals surface area contributed by atoms with Gasteiger partial charge in [0.15, 0.2) is 5.13 Å². The molecule has 10 heteroatoms. The van der Waals surface area contributed by atoms with E-state index in [4.69, 9.17) is 21.3 Å². The molecule has 28 heavy (non-hydrogen) atoms. The van der Waals surface area contributed by atoms with Gasteiger partial charge in [0, 0.05) is 31.2 Å². The number of thiazole rings is 1. The molecular formula is C18H20ClN5O2S2. The van der Waals surface area contributed by atoms with E-state index in [0.29, 0.717) is 27.3 Å². The number of anilines is 1. The van der Waals surface area contributed by atoms with Gasteiger partial charge in [-0.25, -0.2) is 4.98 Å². The maximum atomic E-state index is 13.3. The Morgan fingerprint density at radius 3 is 2.82 bits per heavy atom. The molecule has 148 valence electrons. The van der Waals surface area contributed by atoms with Crippen LogP contribution < -0.4 is 4.90 Å². The summed E-state index contributed by atoms with van der Waals surface area (Å²) < 4.78 is 10.3. The number of rotatable bonds is 5. The summed E-state index contributed by atoms with van der Waals surface area (Å²) in [5.74, 6) is -0.108. The van der Waals surface area contributed by atoms with E-state index in [1.807, 2.05) is 19.1 Å². The van der Waals surface area contributed by atoms with Crippen LogP contribution in [0.25, 0.3) is 10.2 Å². The van der Waals surface area contributed by atoms with Crippen LogP contribution in [0.3, 0.4) is 0 Å². The minimum absolute atomic E-state index is 0.108. The fourth-order valence-corrected chi connectivity index (χ4v) is 5.21. The van der Waals surface area contributed by atoms with Crippen molar-refractivity contribution >= 4 is 55.7 Å². The van der Waals surface area contributed by atoms with E-state index < -0.39 is 0 Å². The molecule has 1 saturated heterocycles. The number of aryl methyl sites for hydroxylation is 2. The molecule has 1 amide bonds. The number of ether oxygens (including phenoxy) is 1. The molecule has 1 aliphatic rings.